The molecule has 9 heteroatoms. The Morgan fingerprint density at radius 1 is 1.19 bits per heavy atom. The van der Waals surface area contributed by atoms with Gasteiger partial charge in [-0.3, -0.25) is 9.59 Å². The van der Waals surface area contributed by atoms with E-state index >= 15 is 0 Å². The lowest BCUT2D eigenvalue weighted by atomic mass is 9.92. The van der Waals surface area contributed by atoms with Gasteiger partial charge in [-0.25, -0.2) is 4.98 Å². The van der Waals surface area contributed by atoms with Gasteiger partial charge in [0.15, 0.2) is 5.82 Å². The fourth-order valence-electron chi connectivity index (χ4n) is 5.29. The molecule has 1 aromatic carbocycles. The maximum Gasteiger partial charge on any atom is 0.290 e. The average Bonchev–Trinajstić information content (AvgIpc) is 3.28. The van der Waals surface area contributed by atoms with E-state index in [9.17, 15) is 9.59 Å². The van der Waals surface area contributed by atoms with Crippen molar-refractivity contribution < 1.29 is 19.1 Å². The van der Waals surface area contributed by atoms with E-state index in [-0.39, 0.29) is 23.8 Å². The van der Waals surface area contributed by atoms with Crippen LogP contribution in [0.25, 0.3) is 11.0 Å². The molecule has 2 aliphatic rings. The minimum Gasteiger partial charge on any atom is -0.385 e. The van der Waals surface area contributed by atoms with Crippen molar-refractivity contribution in [3.8, 4) is 0 Å². The molecule has 2 aromatic rings. The van der Waals surface area contributed by atoms with Gasteiger partial charge in [0.05, 0.1) is 30.2 Å². The van der Waals surface area contributed by atoms with E-state index in [2.05, 4.69) is 23.7 Å². The number of morpholine rings is 1. The van der Waals surface area contributed by atoms with Crippen LogP contribution in [0.15, 0.2) is 24.3 Å². The SMILES string of the molecule is COCCCCn1c(C(=O)N(CC(C)C)[C@H]2CNC[C@H](C(=O)N3CCOCC3)C2)nc2ccccc21. The van der Waals surface area contributed by atoms with Gasteiger partial charge in [0.1, 0.15) is 0 Å². The number of fused-ring (bicyclic) bond motifs is 1. The van der Waals surface area contributed by atoms with E-state index in [4.69, 9.17) is 14.5 Å². The Labute approximate surface area is 214 Å². The number of methoxy groups -OCH3 is 1. The first-order valence-electron chi connectivity index (χ1n) is 13.3. The van der Waals surface area contributed by atoms with Crippen molar-refractivity contribution >= 4 is 22.8 Å². The van der Waals surface area contributed by atoms with Gasteiger partial charge in [0, 0.05) is 59.0 Å². The van der Waals surface area contributed by atoms with Gasteiger partial charge < -0.3 is 29.2 Å². The van der Waals surface area contributed by atoms with Crippen molar-refractivity contribution in [2.45, 2.75) is 45.7 Å². The van der Waals surface area contributed by atoms with Crippen molar-refractivity contribution in [1.29, 1.82) is 0 Å². The highest BCUT2D eigenvalue weighted by atomic mass is 16.5. The van der Waals surface area contributed by atoms with Crippen LogP contribution >= 0.6 is 0 Å². The van der Waals surface area contributed by atoms with Crippen LogP contribution in [-0.4, -0.2) is 96.9 Å². The molecule has 2 atom stereocenters. The summed E-state index contributed by atoms with van der Waals surface area (Å²) in [6.45, 7) is 10.1. The molecule has 9 nitrogen and oxygen atoms in total. The third-order valence-corrected chi connectivity index (χ3v) is 7.09. The number of amides is 2. The van der Waals surface area contributed by atoms with Gasteiger partial charge in [0.2, 0.25) is 5.91 Å². The molecule has 36 heavy (non-hydrogen) atoms. The smallest absolute Gasteiger partial charge is 0.290 e. The lowest BCUT2D eigenvalue weighted by Gasteiger charge is -2.40. The molecule has 2 amide bonds. The highest BCUT2D eigenvalue weighted by Gasteiger charge is 2.36. The summed E-state index contributed by atoms with van der Waals surface area (Å²) in [6.07, 6.45) is 2.49. The Balaban J connectivity index is 1.57. The lowest BCUT2D eigenvalue weighted by Crippen LogP contribution is -2.56. The number of carbonyl (C=O) groups excluding carboxylic acids is 2. The molecule has 0 radical (unpaired) electrons. The number of para-hydroxylation sites is 2. The molecule has 198 valence electrons. The minimum atomic E-state index is -0.142. The molecule has 0 bridgehead atoms. The summed E-state index contributed by atoms with van der Waals surface area (Å²) in [5.41, 5.74) is 1.81. The summed E-state index contributed by atoms with van der Waals surface area (Å²) in [5.74, 6) is 0.743. The first-order valence-corrected chi connectivity index (χ1v) is 13.3. The second-order valence-electron chi connectivity index (χ2n) is 10.3. The van der Waals surface area contributed by atoms with Crippen molar-refractivity contribution in [1.82, 2.24) is 24.7 Å². The van der Waals surface area contributed by atoms with E-state index < -0.39 is 0 Å². The molecule has 2 saturated heterocycles. The van der Waals surface area contributed by atoms with Crippen molar-refractivity contribution in [2.75, 3.05) is 59.7 Å². The average molecular weight is 500 g/mol. The number of carbonyl (C=O) groups is 2. The summed E-state index contributed by atoms with van der Waals surface area (Å²) >= 11 is 0. The van der Waals surface area contributed by atoms with Gasteiger partial charge in [0.25, 0.3) is 5.91 Å². The molecule has 1 N–H and O–H groups in total. The van der Waals surface area contributed by atoms with E-state index in [0.29, 0.717) is 77.3 Å². The van der Waals surface area contributed by atoms with Crippen LogP contribution in [-0.2, 0) is 20.8 Å². The second kappa shape index (κ2) is 12.7. The molecule has 0 saturated carbocycles. The molecule has 0 spiro atoms. The highest BCUT2D eigenvalue weighted by Crippen LogP contribution is 2.24. The van der Waals surface area contributed by atoms with Gasteiger partial charge in [-0.05, 0) is 37.3 Å². The van der Waals surface area contributed by atoms with E-state index in [1.165, 1.54) is 0 Å². The summed E-state index contributed by atoms with van der Waals surface area (Å²) < 4.78 is 12.7. The Bertz CT molecular complexity index is 1020. The number of aromatic nitrogens is 2. The van der Waals surface area contributed by atoms with Gasteiger partial charge in [-0.1, -0.05) is 26.0 Å². The number of aryl methyl sites for hydroxylation is 1. The molecule has 1 aromatic heterocycles. The zero-order chi connectivity index (χ0) is 25.5. The summed E-state index contributed by atoms with van der Waals surface area (Å²) in [4.78, 5) is 36.0. The van der Waals surface area contributed by atoms with Crippen LogP contribution in [0.5, 0.6) is 0 Å². The maximum absolute atomic E-state index is 14.1. The number of ether oxygens (including phenoxy) is 2. The molecule has 2 aliphatic heterocycles. The zero-order valence-electron chi connectivity index (χ0n) is 21.9. The predicted octanol–water partition coefficient (Wildman–Crippen LogP) is 2.40. The summed E-state index contributed by atoms with van der Waals surface area (Å²) in [5, 5.41) is 3.44. The normalized spacial score (nSPS) is 20.7. The predicted molar refractivity (Wildman–Crippen MR) is 139 cm³/mol. The first-order chi connectivity index (χ1) is 17.5. The Hall–Kier alpha value is -2.49. The number of imidazole rings is 1. The molecular weight excluding hydrogens is 458 g/mol. The van der Waals surface area contributed by atoms with Crippen LogP contribution in [0.2, 0.25) is 0 Å². The Morgan fingerprint density at radius 3 is 2.72 bits per heavy atom. The Kier molecular flexibility index (Phi) is 9.34. The Morgan fingerprint density at radius 2 is 1.97 bits per heavy atom. The van der Waals surface area contributed by atoms with Crippen LogP contribution in [0.1, 0.15) is 43.7 Å². The lowest BCUT2D eigenvalue weighted by molar-refractivity contribution is -0.140. The standard InChI is InChI=1S/C27H41N5O4/c1-20(2)19-32(22-16-21(17-28-18-22)26(33)30-11-14-36-15-12-30)27(34)25-29-23-8-4-5-9-24(23)31(25)10-6-7-13-35-3/h4-5,8-9,20-22,28H,6-7,10-19H2,1-3H3/t21-,22-/m1/s1. The largest absolute Gasteiger partial charge is 0.385 e. The number of nitrogens with zero attached hydrogens (tertiary/aromatic N) is 4. The molecule has 0 aliphatic carbocycles. The van der Waals surface area contributed by atoms with Crippen LogP contribution in [0.3, 0.4) is 0 Å². The number of nitrogens with one attached hydrogen (secondary N) is 1. The van der Waals surface area contributed by atoms with E-state index in [1.54, 1.807) is 7.11 Å². The maximum atomic E-state index is 14.1. The number of unbranched alkanes of at least 4 members (excludes halogenated alkanes) is 1. The van der Waals surface area contributed by atoms with Crippen molar-refractivity contribution in [3.63, 3.8) is 0 Å². The van der Waals surface area contributed by atoms with Crippen LogP contribution in [0.4, 0.5) is 0 Å². The summed E-state index contributed by atoms with van der Waals surface area (Å²) in [6, 6.07) is 7.87. The molecule has 2 fully saturated rings. The molecule has 3 heterocycles. The summed E-state index contributed by atoms with van der Waals surface area (Å²) in [7, 11) is 1.71. The molecule has 0 unspecified atom stereocenters. The minimum absolute atomic E-state index is 0.0575. The van der Waals surface area contributed by atoms with Crippen molar-refractivity contribution in [3.05, 3.63) is 30.1 Å². The monoisotopic (exact) mass is 499 g/mol. The second-order valence-corrected chi connectivity index (χ2v) is 10.3. The van der Waals surface area contributed by atoms with Gasteiger partial charge in [-0.2, -0.15) is 0 Å². The van der Waals surface area contributed by atoms with Gasteiger partial charge in [-0.15, -0.1) is 0 Å². The van der Waals surface area contributed by atoms with Crippen LogP contribution < -0.4 is 5.32 Å². The fraction of sp³-hybridized carbons (Fsp3) is 0.667. The van der Waals surface area contributed by atoms with Gasteiger partial charge >= 0.3 is 0 Å². The first kappa shape index (κ1) is 26.6. The number of hydrogen-bond acceptors (Lipinski definition) is 6. The topological polar surface area (TPSA) is 88.9 Å². The number of hydrogen-bond donors (Lipinski definition) is 1. The van der Waals surface area contributed by atoms with E-state index in [1.807, 2.05) is 34.1 Å². The third-order valence-electron chi connectivity index (χ3n) is 7.09. The fourth-order valence-corrected chi connectivity index (χ4v) is 5.29. The zero-order valence-corrected chi connectivity index (χ0v) is 21.9. The quantitative estimate of drug-likeness (QED) is 0.505. The van der Waals surface area contributed by atoms with Crippen molar-refractivity contribution in [2.24, 2.45) is 11.8 Å². The molecule has 4 rings (SSSR count). The number of rotatable bonds is 10. The molecular formula is C27H41N5O4. The van der Waals surface area contributed by atoms with E-state index in [0.717, 1.165) is 23.9 Å². The third kappa shape index (κ3) is 6.25. The number of piperidine rings is 1. The van der Waals surface area contributed by atoms with Crippen LogP contribution in [0, 0.1) is 11.8 Å². The number of benzene rings is 1. The highest BCUT2D eigenvalue weighted by molar-refractivity contribution is 5.95.